The van der Waals surface area contributed by atoms with Crippen LogP contribution in [-0.2, 0) is 0 Å². The van der Waals surface area contributed by atoms with E-state index in [2.05, 4.69) is 17.9 Å². The average molecular weight is 295 g/mol. The Kier molecular flexibility index (Phi) is 4.71. The Labute approximate surface area is 119 Å². The van der Waals surface area contributed by atoms with Crippen LogP contribution in [0, 0.1) is 18.8 Å². The van der Waals surface area contributed by atoms with Crippen molar-refractivity contribution in [1.82, 2.24) is 0 Å². The predicted octanol–water partition coefficient (Wildman–Crippen LogP) is 3.90. The van der Waals surface area contributed by atoms with Crippen LogP contribution >= 0.6 is 34.7 Å². The molecule has 1 aromatic carbocycles. The number of aryl methyl sites for hydroxylation is 1. The van der Waals surface area contributed by atoms with Gasteiger partial charge in [-0.05, 0) is 12.5 Å². The minimum atomic E-state index is 0.0876. The molecule has 0 amide bonds. The fraction of sp³-hybridized carbons (Fsp3) is 0.214. The van der Waals surface area contributed by atoms with Gasteiger partial charge >= 0.3 is 0 Å². The zero-order valence-corrected chi connectivity index (χ0v) is 12.2. The fourth-order valence-corrected chi connectivity index (χ4v) is 3.60. The number of rotatable bonds is 2. The first-order valence-corrected chi connectivity index (χ1v) is 7.74. The third-order valence-electron chi connectivity index (χ3n) is 2.42. The smallest absolute Gasteiger partial charge is 0.234 e. The number of halogens is 1. The third-order valence-corrected chi connectivity index (χ3v) is 4.56. The average Bonchev–Trinajstić information content (AvgIpc) is 2.36. The Morgan fingerprint density at radius 3 is 3.00 bits per heavy atom. The van der Waals surface area contributed by atoms with Crippen LogP contribution < -0.4 is 4.74 Å². The maximum Gasteiger partial charge on any atom is 0.234 e. The van der Waals surface area contributed by atoms with Gasteiger partial charge in [0.1, 0.15) is 0 Å². The molecule has 0 fully saturated rings. The van der Waals surface area contributed by atoms with Crippen LogP contribution in [0.25, 0.3) is 10.1 Å². The molecule has 0 aliphatic carbocycles. The Hall–Kier alpha value is -0.950. The van der Waals surface area contributed by atoms with Gasteiger partial charge in [0.15, 0.2) is 0 Å². The topological polar surface area (TPSA) is 17.1 Å². The van der Waals surface area contributed by atoms with Gasteiger partial charge in [0.05, 0.1) is 11.6 Å². The highest BCUT2D eigenvalue weighted by Gasteiger charge is 2.05. The maximum atomic E-state index is 11.7. The van der Waals surface area contributed by atoms with Crippen LogP contribution in [0.3, 0.4) is 0 Å². The minimum Gasteiger partial charge on any atom is -0.278 e. The summed E-state index contributed by atoms with van der Waals surface area (Å²) in [6.07, 6.45) is 0. The minimum absolute atomic E-state index is 0.0876. The lowest BCUT2D eigenvalue weighted by molar-refractivity contribution is 1.50. The lowest BCUT2D eigenvalue weighted by atomic mass is 10.2. The molecule has 0 spiro atoms. The van der Waals surface area contributed by atoms with Gasteiger partial charge in [0, 0.05) is 21.0 Å². The van der Waals surface area contributed by atoms with Gasteiger partial charge in [0.25, 0.3) is 0 Å². The molecule has 0 aliphatic heterocycles. The number of thioether (sulfide) groups is 1. The standard InChI is InChI=1S/C14H11ClOS2/c1-10-5-4-6-11-12(17-8-3-2-7-15)9-13(16)18-14(10)11/h4-6,9H,7-8H2,1H3. The molecule has 0 bridgehead atoms. The molecule has 0 radical (unpaired) electrons. The fourth-order valence-electron chi connectivity index (χ4n) is 1.63. The molecule has 0 aliphatic rings. The predicted molar refractivity (Wildman–Crippen MR) is 82.1 cm³/mol. The third kappa shape index (κ3) is 3.08. The van der Waals surface area contributed by atoms with E-state index in [9.17, 15) is 4.79 Å². The van der Waals surface area contributed by atoms with Crippen LogP contribution in [-0.4, -0.2) is 11.6 Å². The molecule has 1 nitrogen and oxygen atoms in total. The van der Waals surface area contributed by atoms with Crippen molar-refractivity contribution < 1.29 is 0 Å². The first kappa shape index (κ1) is 13.5. The summed E-state index contributed by atoms with van der Waals surface area (Å²) in [7, 11) is 0. The summed E-state index contributed by atoms with van der Waals surface area (Å²) < 4.78 is 1.16. The van der Waals surface area contributed by atoms with E-state index in [-0.39, 0.29) is 4.74 Å². The van der Waals surface area contributed by atoms with Crippen molar-refractivity contribution >= 4 is 44.8 Å². The SMILES string of the molecule is Cc1cccc2c(SCC#CCCl)cc(=O)sc12. The second kappa shape index (κ2) is 6.29. The second-order valence-corrected chi connectivity index (χ2v) is 5.96. The van der Waals surface area contributed by atoms with E-state index in [1.54, 1.807) is 17.8 Å². The molecule has 0 N–H and O–H groups in total. The number of hydrogen-bond acceptors (Lipinski definition) is 3. The van der Waals surface area contributed by atoms with E-state index < -0.39 is 0 Å². The van der Waals surface area contributed by atoms with Gasteiger partial charge in [-0.25, -0.2) is 0 Å². The molecular formula is C14H11ClOS2. The van der Waals surface area contributed by atoms with E-state index in [0.29, 0.717) is 11.6 Å². The first-order chi connectivity index (χ1) is 8.72. The summed E-state index contributed by atoms with van der Waals surface area (Å²) in [5.41, 5.74) is 1.14. The Bertz CT molecular complexity index is 679. The van der Waals surface area contributed by atoms with Crippen LogP contribution in [0.15, 0.2) is 34.0 Å². The normalized spacial score (nSPS) is 10.1. The van der Waals surface area contributed by atoms with Gasteiger partial charge in [-0.2, -0.15) is 0 Å². The Morgan fingerprint density at radius 1 is 1.39 bits per heavy atom. The highest BCUT2D eigenvalue weighted by atomic mass is 35.5. The van der Waals surface area contributed by atoms with E-state index >= 15 is 0 Å². The summed E-state index contributed by atoms with van der Waals surface area (Å²) in [5, 5.41) is 1.14. The van der Waals surface area contributed by atoms with Crippen LogP contribution in [0.2, 0.25) is 0 Å². The molecule has 2 aromatic rings. The molecule has 0 atom stereocenters. The quantitative estimate of drug-likeness (QED) is 0.475. The largest absolute Gasteiger partial charge is 0.278 e. The lowest BCUT2D eigenvalue weighted by Gasteiger charge is -2.05. The van der Waals surface area contributed by atoms with Gasteiger partial charge in [-0.3, -0.25) is 4.79 Å². The zero-order chi connectivity index (χ0) is 13.0. The summed E-state index contributed by atoms with van der Waals surface area (Å²) in [6, 6.07) is 7.79. The van der Waals surface area contributed by atoms with E-state index in [4.69, 9.17) is 11.6 Å². The summed E-state index contributed by atoms with van der Waals surface area (Å²) in [4.78, 5) is 12.7. The Morgan fingerprint density at radius 2 is 2.22 bits per heavy atom. The molecule has 0 unspecified atom stereocenters. The molecule has 0 saturated heterocycles. The number of alkyl halides is 1. The number of fused-ring (bicyclic) bond motifs is 1. The molecule has 18 heavy (non-hydrogen) atoms. The van der Waals surface area contributed by atoms with Crippen molar-refractivity contribution in [3.8, 4) is 11.8 Å². The molecule has 2 rings (SSSR count). The maximum absolute atomic E-state index is 11.7. The van der Waals surface area contributed by atoms with Crippen molar-refractivity contribution in [3.05, 3.63) is 39.4 Å². The van der Waals surface area contributed by atoms with Crippen LogP contribution in [0.4, 0.5) is 0 Å². The highest BCUT2D eigenvalue weighted by Crippen LogP contribution is 2.29. The molecule has 0 saturated carbocycles. The Balaban J connectivity index is 2.43. The van der Waals surface area contributed by atoms with Crippen molar-refractivity contribution in [1.29, 1.82) is 0 Å². The van der Waals surface area contributed by atoms with Crippen molar-refractivity contribution in [3.63, 3.8) is 0 Å². The first-order valence-electron chi connectivity index (χ1n) is 5.40. The van der Waals surface area contributed by atoms with Crippen molar-refractivity contribution in [2.75, 3.05) is 11.6 Å². The van der Waals surface area contributed by atoms with Crippen molar-refractivity contribution in [2.45, 2.75) is 11.8 Å². The second-order valence-electron chi connectivity index (χ2n) is 3.66. The summed E-state index contributed by atoms with van der Waals surface area (Å²) >= 11 is 8.38. The van der Waals surface area contributed by atoms with Gasteiger partial charge in [0.2, 0.25) is 4.74 Å². The van der Waals surface area contributed by atoms with E-state index in [1.807, 2.05) is 19.1 Å². The van der Waals surface area contributed by atoms with E-state index in [0.717, 1.165) is 20.5 Å². The zero-order valence-electron chi connectivity index (χ0n) is 9.83. The lowest BCUT2D eigenvalue weighted by Crippen LogP contribution is -1.94. The van der Waals surface area contributed by atoms with Gasteiger partial charge in [-0.1, -0.05) is 41.4 Å². The summed E-state index contributed by atoms with van der Waals surface area (Å²) in [5.74, 6) is 6.78. The van der Waals surface area contributed by atoms with Gasteiger partial charge in [-0.15, -0.1) is 23.4 Å². The number of benzene rings is 1. The molecular weight excluding hydrogens is 284 g/mol. The summed E-state index contributed by atoms with van der Waals surface area (Å²) in [6.45, 7) is 2.03. The number of hydrogen-bond donors (Lipinski definition) is 0. The highest BCUT2D eigenvalue weighted by molar-refractivity contribution is 7.99. The van der Waals surface area contributed by atoms with E-state index in [1.165, 1.54) is 11.3 Å². The van der Waals surface area contributed by atoms with Crippen LogP contribution in [0.1, 0.15) is 5.56 Å². The molecule has 1 aromatic heterocycles. The molecule has 92 valence electrons. The van der Waals surface area contributed by atoms with Crippen molar-refractivity contribution in [2.24, 2.45) is 0 Å². The molecule has 1 heterocycles. The van der Waals surface area contributed by atoms with Gasteiger partial charge < -0.3 is 0 Å². The van der Waals surface area contributed by atoms with Crippen LogP contribution in [0.5, 0.6) is 0 Å². The molecule has 4 heteroatoms. The monoisotopic (exact) mass is 294 g/mol.